The van der Waals surface area contributed by atoms with Gasteiger partial charge in [0.15, 0.2) is 11.0 Å². The van der Waals surface area contributed by atoms with Crippen molar-refractivity contribution in [3.05, 3.63) is 48.9 Å². The summed E-state index contributed by atoms with van der Waals surface area (Å²) in [5, 5.41) is 3.21. The zero-order valence-corrected chi connectivity index (χ0v) is 13.5. The SMILES string of the molecule is O=C(Nc1ncnc(Cl)c1Cl)c1ccc(I)c(Cl)c1. The van der Waals surface area contributed by atoms with E-state index in [4.69, 9.17) is 34.8 Å². The summed E-state index contributed by atoms with van der Waals surface area (Å²) in [5.74, 6) is -0.226. The molecule has 0 bridgehead atoms. The molecule has 1 amide bonds. The second-order valence-electron chi connectivity index (χ2n) is 3.41. The first-order valence-corrected chi connectivity index (χ1v) is 7.12. The number of anilines is 1. The minimum absolute atomic E-state index is 0.0765. The Labute approximate surface area is 137 Å². The highest BCUT2D eigenvalue weighted by atomic mass is 127. The molecule has 0 saturated heterocycles. The minimum atomic E-state index is -0.380. The molecule has 0 aliphatic heterocycles. The van der Waals surface area contributed by atoms with Gasteiger partial charge >= 0.3 is 0 Å². The summed E-state index contributed by atoms with van der Waals surface area (Å²) in [7, 11) is 0. The van der Waals surface area contributed by atoms with Crippen LogP contribution in [-0.4, -0.2) is 15.9 Å². The van der Waals surface area contributed by atoms with E-state index in [1.165, 1.54) is 6.33 Å². The maximum absolute atomic E-state index is 12.0. The molecule has 0 unspecified atom stereocenters. The predicted molar refractivity (Wildman–Crippen MR) is 84.2 cm³/mol. The molecule has 19 heavy (non-hydrogen) atoms. The molecule has 1 N–H and O–H groups in total. The Bertz CT molecular complexity index is 651. The van der Waals surface area contributed by atoms with Crippen LogP contribution in [0.15, 0.2) is 24.5 Å². The van der Waals surface area contributed by atoms with E-state index in [1.54, 1.807) is 18.2 Å². The van der Waals surface area contributed by atoms with Crippen LogP contribution in [0.1, 0.15) is 10.4 Å². The van der Waals surface area contributed by atoms with Gasteiger partial charge in [-0.05, 0) is 40.8 Å². The van der Waals surface area contributed by atoms with Gasteiger partial charge in [-0.1, -0.05) is 34.8 Å². The topological polar surface area (TPSA) is 54.9 Å². The second kappa shape index (κ2) is 6.21. The van der Waals surface area contributed by atoms with Crippen molar-refractivity contribution in [1.29, 1.82) is 0 Å². The van der Waals surface area contributed by atoms with E-state index >= 15 is 0 Å². The number of amides is 1. The van der Waals surface area contributed by atoms with E-state index in [2.05, 4.69) is 37.9 Å². The molecule has 0 saturated carbocycles. The molecule has 0 fully saturated rings. The molecule has 1 heterocycles. The molecular weight excluding hydrogens is 423 g/mol. The Morgan fingerprint density at radius 1 is 1.21 bits per heavy atom. The molecule has 2 rings (SSSR count). The molecular formula is C11H5Cl3IN3O. The van der Waals surface area contributed by atoms with Crippen molar-refractivity contribution in [2.75, 3.05) is 5.32 Å². The van der Waals surface area contributed by atoms with Gasteiger partial charge < -0.3 is 5.32 Å². The van der Waals surface area contributed by atoms with Crippen molar-refractivity contribution >= 4 is 69.1 Å². The van der Waals surface area contributed by atoms with Gasteiger partial charge in [0.2, 0.25) is 0 Å². The van der Waals surface area contributed by atoms with Gasteiger partial charge in [-0.2, -0.15) is 0 Å². The van der Waals surface area contributed by atoms with E-state index in [9.17, 15) is 4.79 Å². The molecule has 0 radical (unpaired) electrons. The van der Waals surface area contributed by atoms with Crippen molar-refractivity contribution in [3.63, 3.8) is 0 Å². The summed E-state index contributed by atoms with van der Waals surface area (Å²) in [6, 6.07) is 4.96. The predicted octanol–water partition coefficient (Wildman–Crippen LogP) is 4.29. The Kier molecular flexibility index (Phi) is 4.83. The zero-order valence-electron chi connectivity index (χ0n) is 9.12. The second-order valence-corrected chi connectivity index (χ2v) is 5.72. The summed E-state index contributed by atoms with van der Waals surface area (Å²) < 4.78 is 0.860. The summed E-state index contributed by atoms with van der Waals surface area (Å²) >= 11 is 19.6. The van der Waals surface area contributed by atoms with E-state index in [1.807, 2.05) is 0 Å². The highest BCUT2D eigenvalue weighted by Gasteiger charge is 2.13. The molecule has 1 aromatic carbocycles. The minimum Gasteiger partial charge on any atom is -0.305 e. The fourth-order valence-electron chi connectivity index (χ4n) is 1.25. The van der Waals surface area contributed by atoms with E-state index in [-0.39, 0.29) is 21.9 Å². The van der Waals surface area contributed by atoms with Crippen LogP contribution >= 0.6 is 57.4 Å². The Balaban J connectivity index is 2.26. The third-order valence-electron chi connectivity index (χ3n) is 2.16. The Morgan fingerprint density at radius 2 is 1.95 bits per heavy atom. The number of carbonyl (C=O) groups excluding carboxylic acids is 1. The lowest BCUT2D eigenvalue weighted by molar-refractivity contribution is 0.102. The normalized spacial score (nSPS) is 10.3. The lowest BCUT2D eigenvalue weighted by Crippen LogP contribution is -2.13. The molecule has 0 atom stereocenters. The van der Waals surface area contributed by atoms with Crippen LogP contribution in [0.5, 0.6) is 0 Å². The van der Waals surface area contributed by atoms with Crippen LogP contribution in [0, 0.1) is 3.57 Å². The van der Waals surface area contributed by atoms with Gasteiger partial charge in [-0.25, -0.2) is 9.97 Å². The standard InChI is InChI=1S/C11H5Cl3IN3O/c12-6-3-5(1-2-7(6)15)11(19)18-10-8(13)9(14)16-4-17-10/h1-4H,(H,16,17,18,19). The van der Waals surface area contributed by atoms with Crippen LogP contribution < -0.4 is 5.32 Å². The van der Waals surface area contributed by atoms with Crippen LogP contribution in [0.25, 0.3) is 0 Å². The fourth-order valence-corrected chi connectivity index (χ4v) is 2.05. The van der Waals surface area contributed by atoms with Crippen LogP contribution in [0.3, 0.4) is 0 Å². The maximum atomic E-state index is 12.0. The Morgan fingerprint density at radius 3 is 2.63 bits per heavy atom. The number of benzene rings is 1. The average Bonchev–Trinajstić information content (AvgIpc) is 2.38. The molecule has 2 aromatic rings. The monoisotopic (exact) mass is 427 g/mol. The lowest BCUT2D eigenvalue weighted by atomic mass is 10.2. The van der Waals surface area contributed by atoms with Crippen molar-refractivity contribution in [2.45, 2.75) is 0 Å². The fraction of sp³-hybridized carbons (Fsp3) is 0. The highest BCUT2D eigenvalue weighted by Crippen LogP contribution is 2.26. The number of halogens is 4. The quantitative estimate of drug-likeness (QED) is 0.574. The van der Waals surface area contributed by atoms with E-state index in [0.29, 0.717) is 10.6 Å². The van der Waals surface area contributed by atoms with Gasteiger partial charge in [0.25, 0.3) is 5.91 Å². The number of nitrogens with zero attached hydrogens (tertiary/aromatic N) is 2. The Hall–Kier alpha value is -0.630. The number of nitrogens with one attached hydrogen (secondary N) is 1. The van der Waals surface area contributed by atoms with Crippen molar-refractivity contribution in [3.8, 4) is 0 Å². The molecule has 8 heteroatoms. The molecule has 0 aliphatic rings. The van der Waals surface area contributed by atoms with Crippen LogP contribution in [0.2, 0.25) is 15.2 Å². The molecule has 1 aromatic heterocycles. The maximum Gasteiger partial charge on any atom is 0.256 e. The highest BCUT2D eigenvalue weighted by molar-refractivity contribution is 14.1. The summed E-state index contributed by atoms with van der Waals surface area (Å²) in [6.07, 6.45) is 1.21. The van der Waals surface area contributed by atoms with Crippen molar-refractivity contribution < 1.29 is 4.79 Å². The first-order valence-electron chi connectivity index (χ1n) is 4.91. The number of rotatable bonds is 2. The summed E-state index contributed by atoms with van der Waals surface area (Å²) in [5.41, 5.74) is 0.399. The summed E-state index contributed by atoms with van der Waals surface area (Å²) in [6.45, 7) is 0. The van der Waals surface area contributed by atoms with Gasteiger partial charge in [0.05, 0.1) is 5.02 Å². The van der Waals surface area contributed by atoms with Crippen molar-refractivity contribution in [2.24, 2.45) is 0 Å². The lowest BCUT2D eigenvalue weighted by Gasteiger charge is -2.07. The summed E-state index contributed by atoms with van der Waals surface area (Å²) in [4.78, 5) is 19.6. The number of hydrogen-bond donors (Lipinski definition) is 1. The first kappa shape index (κ1) is 14.8. The van der Waals surface area contributed by atoms with Gasteiger partial charge in [-0.3, -0.25) is 4.79 Å². The van der Waals surface area contributed by atoms with E-state index < -0.39 is 0 Å². The number of carbonyl (C=O) groups is 1. The van der Waals surface area contributed by atoms with Gasteiger partial charge in [0, 0.05) is 9.13 Å². The van der Waals surface area contributed by atoms with Gasteiger partial charge in [-0.15, -0.1) is 0 Å². The molecule has 98 valence electrons. The van der Waals surface area contributed by atoms with Gasteiger partial charge in [0.1, 0.15) is 11.3 Å². The number of hydrogen-bond acceptors (Lipinski definition) is 3. The smallest absolute Gasteiger partial charge is 0.256 e. The number of aromatic nitrogens is 2. The van der Waals surface area contributed by atoms with Crippen LogP contribution in [-0.2, 0) is 0 Å². The molecule has 0 spiro atoms. The van der Waals surface area contributed by atoms with E-state index in [0.717, 1.165) is 3.57 Å². The third-order valence-corrected chi connectivity index (χ3v) is 4.47. The van der Waals surface area contributed by atoms with Crippen LogP contribution in [0.4, 0.5) is 5.82 Å². The first-order chi connectivity index (χ1) is 8.99. The van der Waals surface area contributed by atoms with Crippen molar-refractivity contribution in [1.82, 2.24) is 9.97 Å². The molecule has 0 aliphatic carbocycles. The zero-order chi connectivity index (χ0) is 14.0. The largest absolute Gasteiger partial charge is 0.305 e. The third kappa shape index (κ3) is 3.47. The molecule has 4 nitrogen and oxygen atoms in total. The average molecular weight is 428 g/mol.